The normalized spacial score (nSPS) is 15.2. The van der Waals surface area contributed by atoms with Gasteiger partial charge in [0.15, 0.2) is 5.11 Å². The van der Waals surface area contributed by atoms with Gasteiger partial charge in [0.05, 0.1) is 5.69 Å². The fraction of sp³-hybridized carbons (Fsp3) is 0.250. The molecule has 1 N–H and O–H groups in total. The van der Waals surface area contributed by atoms with Crippen LogP contribution in [0.25, 0.3) is 11.8 Å². The van der Waals surface area contributed by atoms with E-state index in [0.717, 1.165) is 33.9 Å². The van der Waals surface area contributed by atoms with Crippen molar-refractivity contribution < 1.29 is 9.59 Å². The Morgan fingerprint density at radius 2 is 1.54 bits per heavy atom. The van der Waals surface area contributed by atoms with Gasteiger partial charge in [-0.2, -0.15) is 0 Å². The predicted molar refractivity (Wildman–Crippen MR) is 146 cm³/mol. The van der Waals surface area contributed by atoms with E-state index < -0.39 is 11.8 Å². The second kappa shape index (κ2) is 9.50. The number of carbonyl (C=O) groups is 2. The first kappa shape index (κ1) is 24.4. The van der Waals surface area contributed by atoms with E-state index >= 15 is 0 Å². The molecule has 1 aliphatic rings. The number of benzene rings is 2. The van der Waals surface area contributed by atoms with Crippen LogP contribution in [0.3, 0.4) is 0 Å². The molecule has 1 aromatic heterocycles. The standard InChI is InChI=1S/C28H30N4O2S/c1-17(2)20-7-9-24(10-8-20)32-27(34)25(26(33)29-28(32)35)16-21-15-18(3)31(19(21)4)23-13-11-22(12-14-23)30(5)6/h7-17H,1-6H3,(H,29,33,35)/b25-16+. The van der Waals surface area contributed by atoms with Crippen molar-refractivity contribution in [2.75, 3.05) is 23.9 Å². The molecule has 0 unspecified atom stereocenters. The largest absolute Gasteiger partial charge is 0.378 e. The van der Waals surface area contributed by atoms with Gasteiger partial charge in [0.1, 0.15) is 5.57 Å². The van der Waals surface area contributed by atoms with E-state index in [1.54, 1.807) is 6.08 Å². The summed E-state index contributed by atoms with van der Waals surface area (Å²) in [5, 5.41) is 2.76. The lowest BCUT2D eigenvalue weighted by Crippen LogP contribution is -2.54. The summed E-state index contributed by atoms with van der Waals surface area (Å²) in [6.45, 7) is 8.21. The molecule has 1 aliphatic heterocycles. The summed E-state index contributed by atoms with van der Waals surface area (Å²) in [5.41, 5.74) is 6.72. The Bertz CT molecular complexity index is 1330. The van der Waals surface area contributed by atoms with Crippen LogP contribution >= 0.6 is 12.2 Å². The summed E-state index contributed by atoms with van der Waals surface area (Å²) in [6, 6.07) is 17.9. The third-order valence-electron chi connectivity index (χ3n) is 6.31. The van der Waals surface area contributed by atoms with E-state index in [1.165, 1.54) is 4.90 Å². The first-order chi connectivity index (χ1) is 16.6. The summed E-state index contributed by atoms with van der Waals surface area (Å²) in [4.78, 5) is 29.7. The molecule has 1 fully saturated rings. The van der Waals surface area contributed by atoms with Gasteiger partial charge >= 0.3 is 0 Å². The van der Waals surface area contributed by atoms with Gasteiger partial charge in [-0.1, -0.05) is 26.0 Å². The number of hydrogen-bond donors (Lipinski definition) is 1. The highest BCUT2D eigenvalue weighted by Gasteiger charge is 2.34. The summed E-state index contributed by atoms with van der Waals surface area (Å²) >= 11 is 5.35. The van der Waals surface area contributed by atoms with Crippen LogP contribution < -0.4 is 15.1 Å². The summed E-state index contributed by atoms with van der Waals surface area (Å²) in [6.07, 6.45) is 1.65. The fourth-order valence-electron chi connectivity index (χ4n) is 4.29. The predicted octanol–water partition coefficient (Wildman–Crippen LogP) is 5.11. The number of aryl methyl sites for hydroxylation is 1. The highest BCUT2D eigenvalue weighted by molar-refractivity contribution is 7.80. The second-order valence-corrected chi connectivity index (χ2v) is 9.66. The van der Waals surface area contributed by atoms with Crippen molar-refractivity contribution >= 4 is 46.6 Å². The molecule has 3 aromatic rings. The van der Waals surface area contributed by atoms with E-state index in [2.05, 4.69) is 52.9 Å². The van der Waals surface area contributed by atoms with Gasteiger partial charge in [-0.05, 0) is 91.7 Å². The van der Waals surface area contributed by atoms with E-state index in [1.807, 2.05) is 58.3 Å². The summed E-state index contributed by atoms with van der Waals surface area (Å²) in [7, 11) is 4.01. The maximum Gasteiger partial charge on any atom is 0.270 e. The Hall–Kier alpha value is -3.71. The smallest absolute Gasteiger partial charge is 0.270 e. The monoisotopic (exact) mass is 486 g/mol. The van der Waals surface area contributed by atoms with Gasteiger partial charge in [0, 0.05) is 36.9 Å². The average molecular weight is 487 g/mol. The Balaban J connectivity index is 1.70. The molecule has 0 radical (unpaired) electrons. The quantitative estimate of drug-likeness (QED) is 0.309. The molecule has 2 amide bonds. The molecule has 6 nitrogen and oxygen atoms in total. The highest BCUT2D eigenvalue weighted by atomic mass is 32.1. The third kappa shape index (κ3) is 4.64. The van der Waals surface area contributed by atoms with Crippen molar-refractivity contribution in [2.45, 2.75) is 33.6 Å². The van der Waals surface area contributed by atoms with Crippen molar-refractivity contribution in [3.63, 3.8) is 0 Å². The number of rotatable bonds is 5. The van der Waals surface area contributed by atoms with Gasteiger partial charge in [-0.15, -0.1) is 0 Å². The van der Waals surface area contributed by atoms with Gasteiger partial charge in [0.2, 0.25) is 0 Å². The minimum Gasteiger partial charge on any atom is -0.378 e. The Morgan fingerprint density at radius 3 is 2.11 bits per heavy atom. The van der Waals surface area contributed by atoms with Crippen LogP contribution in [-0.2, 0) is 9.59 Å². The molecular weight excluding hydrogens is 456 g/mol. The molecule has 180 valence electrons. The van der Waals surface area contributed by atoms with Crippen molar-refractivity contribution in [1.82, 2.24) is 9.88 Å². The van der Waals surface area contributed by atoms with Crippen LogP contribution in [0.1, 0.15) is 42.3 Å². The van der Waals surface area contributed by atoms with Crippen LogP contribution in [-0.4, -0.2) is 35.6 Å². The first-order valence-corrected chi connectivity index (χ1v) is 12.0. The number of carbonyl (C=O) groups excluding carboxylic acids is 2. The third-order valence-corrected chi connectivity index (χ3v) is 6.60. The number of nitrogens with one attached hydrogen (secondary N) is 1. The fourth-order valence-corrected chi connectivity index (χ4v) is 4.57. The first-order valence-electron chi connectivity index (χ1n) is 11.6. The van der Waals surface area contributed by atoms with E-state index in [4.69, 9.17) is 12.2 Å². The maximum atomic E-state index is 13.4. The maximum absolute atomic E-state index is 13.4. The zero-order chi connectivity index (χ0) is 25.4. The minimum atomic E-state index is -0.491. The number of anilines is 2. The van der Waals surface area contributed by atoms with Crippen LogP contribution in [0.4, 0.5) is 11.4 Å². The number of thiocarbonyl (C=S) groups is 1. The Morgan fingerprint density at radius 1 is 0.943 bits per heavy atom. The molecule has 0 spiro atoms. The molecule has 35 heavy (non-hydrogen) atoms. The van der Waals surface area contributed by atoms with Crippen LogP contribution in [0.15, 0.2) is 60.2 Å². The molecule has 7 heteroatoms. The Labute approximate surface area is 211 Å². The van der Waals surface area contributed by atoms with Crippen LogP contribution in [0.2, 0.25) is 0 Å². The molecule has 2 aromatic carbocycles. The molecule has 1 saturated heterocycles. The van der Waals surface area contributed by atoms with E-state index in [9.17, 15) is 9.59 Å². The summed E-state index contributed by atoms with van der Waals surface area (Å²) < 4.78 is 2.12. The van der Waals surface area contributed by atoms with Gasteiger partial charge in [0.25, 0.3) is 11.8 Å². The van der Waals surface area contributed by atoms with Gasteiger partial charge < -0.3 is 9.47 Å². The van der Waals surface area contributed by atoms with Crippen molar-refractivity contribution in [1.29, 1.82) is 0 Å². The van der Waals surface area contributed by atoms with Gasteiger partial charge in [-0.25, -0.2) is 0 Å². The van der Waals surface area contributed by atoms with E-state index in [0.29, 0.717) is 11.6 Å². The van der Waals surface area contributed by atoms with Crippen LogP contribution in [0, 0.1) is 13.8 Å². The number of aromatic nitrogens is 1. The number of nitrogens with zero attached hydrogens (tertiary/aromatic N) is 3. The topological polar surface area (TPSA) is 57.6 Å². The molecule has 0 saturated carbocycles. The Kier molecular flexibility index (Phi) is 6.63. The summed E-state index contributed by atoms with van der Waals surface area (Å²) in [5.74, 6) is -0.552. The molecule has 0 aliphatic carbocycles. The zero-order valence-electron chi connectivity index (χ0n) is 20.9. The highest BCUT2D eigenvalue weighted by Crippen LogP contribution is 2.27. The molecule has 2 heterocycles. The van der Waals surface area contributed by atoms with Crippen LogP contribution in [0.5, 0.6) is 0 Å². The second-order valence-electron chi connectivity index (χ2n) is 9.28. The minimum absolute atomic E-state index is 0.0507. The van der Waals surface area contributed by atoms with Crippen molar-refractivity contribution in [3.8, 4) is 5.69 Å². The average Bonchev–Trinajstić information content (AvgIpc) is 3.09. The lowest BCUT2D eigenvalue weighted by molar-refractivity contribution is -0.122. The molecule has 0 bridgehead atoms. The lowest BCUT2D eigenvalue weighted by atomic mass is 10.0. The lowest BCUT2D eigenvalue weighted by Gasteiger charge is -2.29. The van der Waals surface area contributed by atoms with Crippen molar-refractivity contribution in [2.24, 2.45) is 0 Å². The van der Waals surface area contributed by atoms with E-state index in [-0.39, 0.29) is 10.7 Å². The number of hydrogen-bond acceptors (Lipinski definition) is 4. The zero-order valence-corrected chi connectivity index (χ0v) is 21.7. The molecule has 0 atom stereocenters. The molecule has 4 rings (SSSR count). The molecular formula is C28H30N4O2S. The van der Waals surface area contributed by atoms with Crippen molar-refractivity contribution in [3.05, 3.63) is 82.7 Å². The van der Waals surface area contributed by atoms with Gasteiger partial charge in [-0.3, -0.25) is 19.8 Å². The SMILES string of the molecule is Cc1cc(/C=C2\C(=O)NC(=S)N(c3ccc(C(C)C)cc3)C2=O)c(C)n1-c1ccc(N(C)C)cc1. The number of amides is 2.